The van der Waals surface area contributed by atoms with E-state index in [0.717, 1.165) is 24.0 Å². The number of benzene rings is 2. The van der Waals surface area contributed by atoms with Gasteiger partial charge in [0.25, 0.3) is 0 Å². The van der Waals surface area contributed by atoms with Gasteiger partial charge in [0.15, 0.2) is 0 Å². The summed E-state index contributed by atoms with van der Waals surface area (Å²) in [4.78, 5) is 42.2. The predicted molar refractivity (Wildman–Crippen MR) is 125 cm³/mol. The van der Waals surface area contributed by atoms with E-state index in [4.69, 9.17) is 10.5 Å². The van der Waals surface area contributed by atoms with E-state index in [-0.39, 0.29) is 24.3 Å². The summed E-state index contributed by atoms with van der Waals surface area (Å²) in [6.45, 7) is 3.05. The zero-order valence-electron chi connectivity index (χ0n) is 18.8. The highest BCUT2D eigenvalue weighted by Gasteiger charge is 2.33. The quantitative estimate of drug-likeness (QED) is 0.474. The highest BCUT2D eigenvalue weighted by Crippen LogP contribution is 2.19. The maximum absolute atomic E-state index is 12.6. The van der Waals surface area contributed by atoms with Gasteiger partial charge in [-0.25, -0.2) is 4.79 Å². The molecule has 1 fully saturated rings. The number of nitrogens with two attached hydrogens (primary N) is 1. The first kappa shape index (κ1) is 24.0. The molecule has 2 aromatic carbocycles. The third-order valence-electron chi connectivity index (χ3n) is 5.47. The third kappa shape index (κ3) is 6.90. The SMILES string of the molecule is CCCC(=O)N1CCC[C@H]1C(=O)NCc1ccc(/C(N)=N/C(=O)OCc2ccccc2)cc1. The normalized spacial score (nSPS) is 15.8. The summed E-state index contributed by atoms with van der Waals surface area (Å²) < 4.78 is 5.12. The molecule has 0 saturated carbocycles. The van der Waals surface area contributed by atoms with E-state index in [9.17, 15) is 14.4 Å². The molecule has 1 atom stereocenters. The fraction of sp³-hybridized carbons (Fsp3) is 0.360. The predicted octanol–water partition coefficient (Wildman–Crippen LogP) is 3.14. The summed E-state index contributed by atoms with van der Waals surface area (Å²) in [5, 5.41) is 2.91. The molecule has 0 spiro atoms. The molecule has 1 heterocycles. The van der Waals surface area contributed by atoms with Crippen LogP contribution in [-0.4, -0.2) is 41.2 Å². The summed E-state index contributed by atoms with van der Waals surface area (Å²) in [6.07, 6.45) is 2.01. The van der Waals surface area contributed by atoms with Gasteiger partial charge in [-0.05, 0) is 30.4 Å². The smallest absolute Gasteiger partial charge is 0.435 e. The molecule has 3 N–H and O–H groups in total. The maximum atomic E-state index is 12.6. The van der Waals surface area contributed by atoms with Crippen molar-refractivity contribution < 1.29 is 19.1 Å². The Bertz CT molecular complexity index is 989. The molecular formula is C25H30N4O4. The lowest BCUT2D eigenvalue weighted by molar-refractivity contribution is -0.138. The number of hydrogen-bond acceptors (Lipinski definition) is 4. The van der Waals surface area contributed by atoms with E-state index in [0.29, 0.717) is 31.5 Å². The zero-order valence-corrected chi connectivity index (χ0v) is 18.8. The van der Waals surface area contributed by atoms with Crippen LogP contribution in [0.15, 0.2) is 59.6 Å². The lowest BCUT2D eigenvalue weighted by Gasteiger charge is -2.24. The molecule has 3 rings (SSSR count). The van der Waals surface area contributed by atoms with E-state index >= 15 is 0 Å². The molecule has 0 radical (unpaired) electrons. The van der Waals surface area contributed by atoms with Gasteiger partial charge in [0.05, 0.1) is 0 Å². The molecule has 8 heteroatoms. The lowest BCUT2D eigenvalue weighted by Crippen LogP contribution is -2.45. The van der Waals surface area contributed by atoms with Crippen molar-refractivity contribution in [2.45, 2.75) is 51.8 Å². The zero-order chi connectivity index (χ0) is 23.6. The van der Waals surface area contributed by atoms with Crippen molar-refractivity contribution in [3.8, 4) is 0 Å². The number of aliphatic imine (C=N–C) groups is 1. The number of amides is 3. The van der Waals surface area contributed by atoms with Crippen LogP contribution in [0, 0.1) is 0 Å². The van der Waals surface area contributed by atoms with Crippen LogP contribution in [0.2, 0.25) is 0 Å². The average Bonchev–Trinajstić information content (AvgIpc) is 3.33. The van der Waals surface area contributed by atoms with Crippen LogP contribution in [0.3, 0.4) is 0 Å². The molecule has 1 aliphatic heterocycles. The van der Waals surface area contributed by atoms with Crippen molar-refractivity contribution in [2.24, 2.45) is 10.7 Å². The fourth-order valence-corrected chi connectivity index (χ4v) is 3.71. The van der Waals surface area contributed by atoms with Gasteiger partial charge in [0.1, 0.15) is 18.5 Å². The Morgan fingerprint density at radius 2 is 1.82 bits per heavy atom. The molecular weight excluding hydrogens is 420 g/mol. The third-order valence-corrected chi connectivity index (χ3v) is 5.47. The molecule has 0 aliphatic carbocycles. The second kappa shape index (κ2) is 11.8. The molecule has 3 amide bonds. The van der Waals surface area contributed by atoms with E-state index in [1.807, 2.05) is 49.4 Å². The maximum Gasteiger partial charge on any atom is 0.435 e. The first-order chi connectivity index (χ1) is 16.0. The van der Waals surface area contributed by atoms with Crippen molar-refractivity contribution in [3.63, 3.8) is 0 Å². The van der Waals surface area contributed by atoms with Crippen LogP contribution in [0.25, 0.3) is 0 Å². The Kier molecular flexibility index (Phi) is 8.57. The number of carbonyl (C=O) groups excluding carboxylic acids is 3. The molecule has 1 aliphatic rings. The molecule has 0 unspecified atom stereocenters. The molecule has 2 aromatic rings. The number of ether oxygens (including phenoxy) is 1. The Balaban J connectivity index is 1.50. The van der Waals surface area contributed by atoms with Crippen LogP contribution in [0.5, 0.6) is 0 Å². The standard InChI is InChI=1S/C25H30N4O4/c1-2-7-22(30)29-15-6-10-21(29)24(31)27-16-18-11-13-20(14-12-18)23(26)28-25(32)33-17-19-8-4-3-5-9-19/h3-5,8-9,11-14,21H,2,6-7,10,15-17H2,1H3,(H,27,31)(H2,26,28,32)/t21-/m0/s1. The Hall–Kier alpha value is -3.68. The Labute approximate surface area is 193 Å². The fourth-order valence-electron chi connectivity index (χ4n) is 3.71. The average molecular weight is 451 g/mol. The minimum absolute atomic E-state index is 0.0385. The van der Waals surface area contributed by atoms with Crippen LogP contribution in [-0.2, 0) is 27.5 Å². The van der Waals surface area contributed by atoms with Crippen LogP contribution in [0.4, 0.5) is 4.79 Å². The number of carbonyl (C=O) groups is 3. The van der Waals surface area contributed by atoms with Gasteiger partial charge >= 0.3 is 6.09 Å². The molecule has 174 valence electrons. The van der Waals surface area contributed by atoms with Crippen LogP contribution < -0.4 is 11.1 Å². The topological polar surface area (TPSA) is 114 Å². The first-order valence-corrected chi connectivity index (χ1v) is 11.2. The summed E-state index contributed by atoms with van der Waals surface area (Å²) in [7, 11) is 0. The number of nitrogens with zero attached hydrogens (tertiary/aromatic N) is 2. The Morgan fingerprint density at radius 1 is 1.09 bits per heavy atom. The monoisotopic (exact) mass is 450 g/mol. The van der Waals surface area contributed by atoms with Gasteiger partial charge < -0.3 is 20.7 Å². The first-order valence-electron chi connectivity index (χ1n) is 11.2. The van der Waals surface area contributed by atoms with E-state index < -0.39 is 12.1 Å². The summed E-state index contributed by atoms with van der Waals surface area (Å²) in [6, 6.07) is 16.0. The highest BCUT2D eigenvalue weighted by molar-refractivity contribution is 6.02. The summed E-state index contributed by atoms with van der Waals surface area (Å²) in [5.41, 5.74) is 8.24. The molecule has 0 bridgehead atoms. The second-order valence-electron chi connectivity index (χ2n) is 7.95. The van der Waals surface area contributed by atoms with Gasteiger partial charge in [0, 0.05) is 25.1 Å². The lowest BCUT2D eigenvalue weighted by atomic mass is 10.1. The van der Waals surface area contributed by atoms with Gasteiger partial charge in [-0.3, -0.25) is 9.59 Å². The Morgan fingerprint density at radius 3 is 2.52 bits per heavy atom. The number of hydrogen-bond donors (Lipinski definition) is 2. The molecule has 1 saturated heterocycles. The summed E-state index contributed by atoms with van der Waals surface area (Å²) in [5.74, 6) is -0.0421. The van der Waals surface area contributed by atoms with Crippen molar-refractivity contribution in [2.75, 3.05) is 6.54 Å². The van der Waals surface area contributed by atoms with Gasteiger partial charge in [0.2, 0.25) is 11.8 Å². The number of rotatable bonds is 8. The van der Waals surface area contributed by atoms with Gasteiger partial charge in [-0.1, -0.05) is 61.5 Å². The minimum atomic E-state index is -0.758. The van der Waals surface area contributed by atoms with E-state index in [2.05, 4.69) is 10.3 Å². The second-order valence-corrected chi connectivity index (χ2v) is 7.95. The van der Waals surface area contributed by atoms with Crippen molar-refractivity contribution >= 4 is 23.7 Å². The highest BCUT2D eigenvalue weighted by atomic mass is 16.5. The molecule has 0 aromatic heterocycles. The molecule has 33 heavy (non-hydrogen) atoms. The number of amidine groups is 1. The van der Waals surface area contributed by atoms with Gasteiger partial charge in [-0.15, -0.1) is 0 Å². The van der Waals surface area contributed by atoms with Crippen LogP contribution in [0.1, 0.15) is 49.3 Å². The van der Waals surface area contributed by atoms with Crippen molar-refractivity contribution in [1.29, 1.82) is 0 Å². The van der Waals surface area contributed by atoms with Crippen molar-refractivity contribution in [1.82, 2.24) is 10.2 Å². The van der Waals surface area contributed by atoms with Crippen LogP contribution >= 0.6 is 0 Å². The van der Waals surface area contributed by atoms with E-state index in [1.165, 1.54) is 0 Å². The minimum Gasteiger partial charge on any atom is -0.443 e. The number of nitrogens with one attached hydrogen (secondary N) is 1. The van der Waals surface area contributed by atoms with Crippen molar-refractivity contribution in [3.05, 3.63) is 71.3 Å². The molecule has 8 nitrogen and oxygen atoms in total. The van der Waals surface area contributed by atoms with Gasteiger partial charge in [-0.2, -0.15) is 4.99 Å². The van der Waals surface area contributed by atoms with E-state index in [1.54, 1.807) is 17.0 Å². The summed E-state index contributed by atoms with van der Waals surface area (Å²) >= 11 is 0. The number of likely N-dealkylation sites (tertiary alicyclic amines) is 1. The largest absolute Gasteiger partial charge is 0.443 e.